The highest BCUT2D eigenvalue weighted by Gasteiger charge is 2.33. The Kier molecular flexibility index (Phi) is 9.89. The number of carbonyl (C=O) groups excluding carboxylic acids is 1. The standard InChI is InChI=1S/C20H22ClFN6O4S.C2H6O3S/c1-11-4-6-13(33(22,30)31)9-15(11)25-17(29)10-32-16-7-5-12(8-14(16)21)28-19(24)26-18(23)27-20(28,2)3;1-2-6(3,4)5/h4-9H,10H2,1-3H3,(H,25,29)(H4,23,24,26,27);2H2,1H3,(H,3,4,5). The van der Waals surface area contributed by atoms with Crippen molar-refractivity contribution in [1.29, 1.82) is 0 Å². The molecule has 2 aromatic carbocycles. The number of anilines is 2. The van der Waals surface area contributed by atoms with Crippen LogP contribution in [0, 0.1) is 6.92 Å². The fourth-order valence-electron chi connectivity index (χ4n) is 3.21. The Balaban J connectivity index is 0.000000798. The summed E-state index contributed by atoms with van der Waals surface area (Å²) >= 11 is 6.33. The molecular weight excluding hydrogens is 579 g/mol. The van der Waals surface area contributed by atoms with Crippen LogP contribution in [0.25, 0.3) is 0 Å². The first-order chi connectivity index (χ1) is 17.8. The van der Waals surface area contributed by atoms with E-state index in [-0.39, 0.29) is 34.1 Å². The van der Waals surface area contributed by atoms with Gasteiger partial charge in [-0.05, 0) is 63.6 Å². The van der Waals surface area contributed by atoms with Gasteiger partial charge in [-0.15, -0.1) is 3.89 Å². The molecule has 0 aliphatic carbocycles. The molecule has 1 amide bonds. The molecule has 0 aromatic heterocycles. The van der Waals surface area contributed by atoms with Crippen LogP contribution in [-0.4, -0.2) is 57.2 Å². The van der Waals surface area contributed by atoms with Gasteiger partial charge in [0.1, 0.15) is 16.3 Å². The maximum absolute atomic E-state index is 13.2. The van der Waals surface area contributed by atoms with E-state index in [1.165, 1.54) is 13.0 Å². The zero-order valence-corrected chi connectivity index (χ0v) is 23.7. The number of aliphatic imine (C=N–C) groups is 2. The number of nitrogens with two attached hydrogens (primary N) is 2. The van der Waals surface area contributed by atoms with Gasteiger partial charge in [0.25, 0.3) is 16.0 Å². The molecule has 3 rings (SSSR count). The summed E-state index contributed by atoms with van der Waals surface area (Å²) in [5, 5.41) is 2.69. The largest absolute Gasteiger partial charge is 0.482 e. The minimum Gasteiger partial charge on any atom is -0.482 e. The van der Waals surface area contributed by atoms with Crippen molar-refractivity contribution < 1.29 is 34.8 Å². The van der Waals surface area contributed by atoms with Crippen molar-refractivity contribution in [2.45, 2.75) is 38.3 Å². The second-order valence-electron chi connectivity index (χ2n) is 8.51. The Morgan fingerprint density at radius 1 is 1.18 bits per heavy atom. The lowest BCUT2D eigenvalue weighted by atomic mass is 10.1. The zero-order valence-electron chi connectivity index (χ0n) is 21.3. The van der Waals surface area contributed by atoms with Crippen molar-refractivity contribution in [1.82, 2.24) is 0 Å². The average Bonchev–Trinajstić information content (AvgIpc) is 2.78. The van der Waals surface area contributed by atoms with Crippen LogP contribution in [0.15, 0.2) is 51.3 Å². The number of guanidine groups is 2. The van der Waals surface area contributed by atoms with E-state index in [1.807, 2.05) is 0 Å². The lowest BCUT2D eigenvalue weighted by Crippen LogP contribution is -2.54. The second kappa shape index (κ2) is 12.1. The van der Waals surface area contributed by atoms with E-state index in [1.54, 1.807) is 43.9 Å². The summed E-state index contributed by atoms with van der Waals surface area (Å²) < 4.78 is 67.8. The highest BCUT2D eigenvalue weighted by atomic mass is 35.5. The minimum atomic E-state index is -4.90. The summed E-state index contributed by atoms with van der Waals surface area (Å²) in [7, 11) is -8.57. The normalized spacial score (nSPS) is 14.9. The van der Waals surface area contributed by atoms with Gasteiger partial charge in [-0.1, -0.05) is 17.7 Å². The van der Waals surface area contributed by atoms with Gasteiger partial charge in [0.15, 0.2) is 6.61 Å². The molecule has 0 unspecified atom stereocenters. The minimum absolute atomic E-state index is 0.0655. The van der Waals surface area contributed by atoms with Crippen LogP contribution in [0.5, 0.6) is 5.75 Å². The Labute approximate surface area is 230 Å². The van der Waals surface area contributed by atoms with E-state index in [0.717, 1.165) is 12.1 Å². The summed E-state index contributed by atoms with van der Waals surface area (Å²) in [5.74, 6) is -0.363. The summed E-state index contributed by atoms with van der Waals surface area (Å²) in [5.41, 5.74) is 12.2. The third-order valence-corrected chi connectivity index (χ3v) is 6.90. The predicted molar refractivity (Wildman–Crippen MR) is 147 cm³/mol. The van der Waals surface area contributed by atoms with Gasteiger partial charge in [0, 0.05) is 11.4 Å². The van der Waals surface area contributed by atoms with Crippen molar-refractivity contribution in [3.05, 3.63) is 47.0 Å². The number of aryl methyl sites for hydroxylation is 1. The summed E-state index contributed by atoms with van der Waals surface area (Å²) in [6.07, 6.45) is 0. The Morgan fingerprint density at radius 2 is 1.79 bits per heavy atom. The van der Waals surface area contributed by atoms with Crippen molar-refractivity contribution >= 4 is 61.1 Å². The molecule has 1 heterocycles. The highest BCUT2D eigenvalue weighted by molar-refractivity contribution is 7.86. The Bertz CT molecular complexity index is 1530. The SMILES string of the molecule is CCS(=O)(=O)O.Cc1ccc(S(=O)(=O)F)cc1NC(=O)COc1ccc(N2C(N)=NC(N)=NC2(C)C)cc1Cl. The molecule has 2 aromatic rings. The van der Waals surface area contributed by atoms with E-state index >= 15 is 0 Å². The Hall–Kier alpha value is -3.47. The molecular formula is C22H28ClFN6O7S2. The molecule has 0 fully saturated rings. The second-order valence-corrected chi connectivity index (χ2v) is 12.0. The number of carbonyl (C=O) groups is 1. The number of hydrogen-bond donors (Lipinski definition) is 4. The summed E-state index contributed by atoms with van der Waals surface area (Å²) in [4.78, 5) is 21.6. The third kappa shape index (κ3) is 9.05. The first-order valence-electron chi connectivity index (χ1n) is 11.1. The van der Waals surface area contributed by atoms with Crippen LogP contribution < -0.4 is 26.4 Å². The van der Waals surface area contributed by atoms with E-state index in [4.69, 9.17) is 32.4 Å². The molecule has 1 aliphatic heterocycles. The molecule has 0 radical (unpaired) electrons. The van der Waals surface area contributed by atoms with Crippen LogP contribution >= 0.6 is 11.6 Å². The highest BCUT2D eigenvalue weighted by Crippen LogP contribution is 2.34. The van der Waals surface area contributed by atoms with E-state index in [2.05, 4.69) is 15.3 Å². The van der Waals surface area contributed by atoms with E-state index < -0.39 is 43.4 Å². The monoisotopic (exact) mass is 606 g/mol. The zero-order chi connectivity index (χ0) is 29.8. The van der Waals surface area contributed by atoms with Crippen LogP contribution in [0.2, 0.25) is 5.02 Å². The molecule has 17 heteroatoms. The van der Waals surface area contributed by atoms with Gasteiger partial charge >= 0.3 is 10.2 Å². The van der Waals surface area contributed by atoms with Crippen molar-refractivity contribution in [3.63, 3.8) is 0 Å². The molecule has 1 aliphatic rings. The van der Waals surface area contributed by atoms with Gasteiger partial charge in [-0.25, -0.2) is 4.99 Å². The quantitative estimate of drug-likeness (QED) is 0.267. The number of ether oxygens (including phenoxy) is 1. The van der Waals surface area contributed by atoms with Crippen LogP contribution in [0.3, 0.4) is 0 Å². The molecule has 0 saturated carbocycles. The number of nitrogens with zero attached hydrogens (tertiary/aromatic N) is 3. The van der Waals surface area contributed by atoms with Gasteiger partial charge in [0.2, 0.25) is 11.9 Å². The fraction of sp³-hybridized carbons (Fsp3) is 0.318. The number of hydrogen-bond acceptors (Lipinski definition) is 11. The smallest absolute Gasteiger partial charge is 0.332 e. The maximum atomic E-state index is 13.2. The molecule has 214 valence electrons. The molecule has 6 N–H and O–H groups in total. The topological polar surface area (TPSA) is 207 Å². The maximum Gasteiger partial charge on any atom is 0.332 e. The predicted octanol–water partition coefficient (Wildman–Crippen LogP) is 2.40. The van der Waals surface area contributed by atoms with Crippen LogP contribution in [0.1, 0.15) is 26.3 Å². The van der Waals surface area contributed by atoms with Crippen LogP contribution in [0.4, 0.5) is 15.3 Å². The number of halogens is 2. The molecule has 0 saturated heterocycles. The van der Waals surface area contributed by atoms with Crippen molar-refractivity contribution in [3.8, 4) is 5.75 Å². The number of benzene rings is 2. The first-order valence-corrected chi connectivity index (χ1v) is 14.4. The van der Waals surface area contributed by atoms with Crippen molar-refractivity contribution in [2.75, 3.05) is 22.6 Å². The Morgan fingerprint density at radius 3 is 2.31 bits per heavy atom. The lowest BCUT2D eigenvalue weighted by molar-refractivity contribution is -0.118. The lowest BCUT2D eigenvalue weighted by Gasteiger charge is -2.38. The van der Waals surface area contributed by atoms with Gasteiger partial charge < -0.3 is 21.5 Å². The fourth-order valence-corrected chi connectivity index (χ4v) is 3.93. The first kappa shape index (κ1) is 31.7. The molecule has 13 nitrogen and oxygen atoms in total. The summed E-state index contributed by atoms with van der Waals surface area (Å²) in [6, 6.07) is 8.32. The number of amides is 1. The van der Waals surface area contributed by atoms with Crippen LogP contribution in [-0.2, 0) is 25.1 Å². The molecule has 0 atom stereocenters. The summed E-state index contributed by atoms with van der Waals surface area (Å²) in [6.45, 7) is 6.18. The number of rotatable bonds is 7. The third-order valence-electron chi connectivity index (χ3n) is 5.06. The molecule has 0 spiro atoms. The van der Waals surface area contributed by atoms with E-state index in [0.29, 0.717) is 11.3 Å². The van der Waals surface area contributed by atoms with E-state index in [9.17, 15) is 25.5 Å². The van der Waals surface area contributed by atoms with Crippen molar-refractivity contribution in [2.24, 2.45) is 21.5 Å². The number of nitrogens with one attached hydrogen (secondary N) is 1. The van der Waals surface area contributed by atoms with Gasteiger partial charge in [-0.3, -0.25) is 14.2 Å². The average molecular weight is 607 g/mol. The van der Waals surface area contributed by atoms with Gasteiger partial charge in [0.05, 0.1) is 10.8 Å². The van der Waals surface area contributed by atoms with Gasteiger partial charge in [-0.2, -0.15) is 21.8 Å². The molecule has 39 heavy (non-hydrogen) atoms. The molecule has 0 bridgehead atoms.